The lowest BCUT2D eigenvalue weighted by atomic mass is 9.94. The maximum atomic E-state index is 12.7. The van der Waals surface area contributed by atoms with Crippen LogP contribution in [0.3, 0.4) is 0 Å². The van der Waals surface area contributed by atoms with Crippen LogP contribution in [0.15, 0.2) is 53.5 Å². The van der Waals surface area contributed by atoms with E-state index in [0.29, 0.717) is 16.6 Å². The fourth-order valence-electron chi connectivity index (χ4n) is 2.83. The van der Waals surface area contributed by atoms with E-state index in [4.69, 9.17) is 4.74 Å². The highest BCUT2D eigenvalue weighted by Crippen LogP contribution is 2.29. The fraction of sp³-hybridized carbons (Fsp3) is 0.150. The fourth-order valence-corrected chi connectivity index (χ4v) is 2.83. The molecule has 0 aliphatic carbocycles. The Bertz CT molecular complexity index is 1060. The van der Waals surface area contributed by atoms with Gasteiger partial charge in [-0.25, -0.2) is 4.79 Å². The first-order chi connectivity index (χ1) is 12.1. The molecule has 25 heavy (non-hydrogen) atoms. The molecule has 0 aliphatic rings. The van der Waals surface area contributed by atoms with E-state index in [1.165, 1.54) is 4.40 Å². The van der Waals surface area contributed by atoms with E-state index in [1.54, 1.807) is 43.5 Å². The van der Waals surface area contributed by atoms with E-state index in [-0.39, 0.29) is 17.7 Å². The number of nitriles is 1. The lowest BCUT2D eigenvalue weighted by Crippen LogP contribution is -2.22. The summed E-state index contributed by atoms with van der Waals surface area (Å²) in [6, 6.07) is 14.4. The Hall–Kier alpha value is -3.39. The van der Waals surface area contributed by atoms with Gasteiger partial charge >= 0.3 is 5.97 Å². The molecule has 0 radical (unpaired) electrons. The van der Waals surface area contributed by atoms with Gasteiger partial charge in [0, 0.05) is 11.8 Å². The standard InChI is InChI=1S/C20H16N2O3/c1-3-25-20(24)18-16-6-4-5-11-22(16)19(23)15(12-21)17(18)14-9-7-13(2)8-10-14/h4-11H,3H2,1-2H3. The van der Waals surface area contributed by atoms with E-state index in [1.807, 2.05) is 25.1 Å². The summed E-state index contributed by atoms with van der Waals surface area (Å²) in [6.07, 6.45) is 1.54. The Morgan fingerprint density at radius 3 is 2.56 bits per heavy atom. The summed E-state index contributed by atoms with van der Waals surface area (Å²) in [7, 11) is 0. The van der Waals surface area contributed by atoms with Crippen LogP contribution in [0, 0.1) is 18.3 Å². The minimum absolute atomic E-state index is 0.0735. The zero-order valence-corrected chi connectivity index (χ0v) is 13.9. The van der Waals surface area contributed by atoms with E-state index < -0.39 is 11.5 Å². The van der Waals surface area contributed by atoms with Crippen LogP contribution in [-0.2, 0) is 4.74 Å². The second-order valence-electron chi connectivity index (χ2n) is 5.58. The Kier molecular flexibility index (Phi) is 4.36. The van der Waals surface area contributed by atoms with E-state index >= 15 is 0 Å². The minimum Gasteiger partial charge on any atom is -0.462 e. The Morgan fingerprint density at radius 1 is 1.20 bits per heavy atom. The van der Waals surface area contributed by atoms with E-state index in [9.17, 15) is 14.9 Å². The third-order valence-electron chi connectivity index (χ3n) is 3.98. The second kappa shape index (κ2) is 6.62. The molecule has 0 N–H and O–H groups in total. The molecule has 0 saturated carbocycles. The molecule has 0 unspecified atom stereocenters. The van der Waals surface area contributed by atoms with Gasteiger partial charge in [-0.2, -0.15) is 5.26 Å². The van der Waals surface area contributed by atoms with Gasteiger partial charge in [0.05, 0.1) is 17.7 Å². The maximum Gasteiger partial charge on any atom is 0.340 e. The summed E-state index contributed by atoms with van der Waals surface area (Å²) in [5.41, 5.74) is 2.10. The van der Waals surface area contributed by atoms with Crippen molar-refractivity contribution < 1.29 is 9.53 Å². The van der Waals surface area contributed by atoms with Crippen molar-refractivity contribution in [3.05, 3.63) is 75.7 Å². The van der Waals surface area contributed by atoms with Crippen molar-refractivity contribution in [2.24, 2.45) is 0 Å². The molecule has 0 aliphatic heterocycles. The molecule has 2 aromatic heterocycles. The molecular weight excluding hydrogens is 316 g/mol. The molecule has 0 saturated heterocycles. The van der Waals surface area contributed by atoms with Crippen molar-refractivity contribution in [3.63, 3.8) is 0 Å². The molecule has 1 aromatic carbocycles. The van der Waals surface area contributed by atoms with Crippen LogP contribution in [0.2, 0.25) is 0 Å². The summed E-state index contributed by atoms with van der Waals surface area (Å²) in [5.74, 6) is -0.557. The number of hydrogen-bond donors (Lipinski definition) is 0. The second-order valence-corrected chi connectivity index (χ2v) is 5.58. The Labute approximate surface area is 144 Å². The number of carbonyl (C=O) groups excluding carboxylic acids is 1. The Morgan fingerprint density at radius 2 is 1.92 bits per heavy atom. The van der Waals surface area contributed by atoms with Crippen LogP contribution in [0.5, 0.6) is 0 Å². The van der Waals surface area contributed by atoms with E-state index in [0.717, 1.165) is 5.56 Å². The molecule has 0 bridgehead atoms. The van der Waals surface area contributed by atoms with Crippen LogP contribution >= 0.6 is 0 Å². The topological polar surface area (TPSA) is 71.6 Å². The van der Waals surface area contributed by atoms with Crippen LogP contribution in [-0.4, -0.2) is 17.0 Å². The number of aromatic nitrogens is 1. The van der Waals surface area contributed by atoms with Gasteiger partial charge in [-0.3, -0.25) is 9.20 Å². The first-order valence-electron chi connectivity index (χ1n) is 7.90. The first-order valence-corrected chi connectivity index (χ1v) is 7.90. The number of pyridine rings is 2. The summed E-state index contributed by atoms with van der Waals surface area (Å²) in [6.45, 7) is 3.86. The number of aryl methyl sites for hydroxylation is 1. The largest absolute Gasteiger partial charge is 0.462 e. The average molecular weight is 332 g/mol. The number of benzene rings is 1. The summed E-state index contributed by atoms with van der Waals surface area (Å²) in [5, 5.41) is 9.60. The highest BCUT2D eigenvalue weighted by atomic mass is 16.5. The minimum atomic E-state index is -0.557. The van der Waals surface area contributed by atoms with E-state index in [2.05, 4.69) is 0 Å². The molecule has 2 heterocycles. The lowest BCUT2D eigenvalue weighted by Gasteiger charge is -2.14. The number of fused-ring (bicyclic) bond motifs is 1. The van der Waals surface area contributed by atoms with Crippen LogP contribution in [0.25, 0.3) is 16.6 Å². The molecule has 0 spiro atoms. The normalized spacial score (nSPS) is 10.4. The molecule has 3 rings (SSSR count). The van der Waals surface area contributed by atoms with Crippen molar-refractivity contribution >= 4 is 11.5 Å². The van der Waals surface area contributed by atoms with Crippen molar-refractivity contribution in [2.75, 3.05) is 6.61 Å². The third kappa shape index (κ3) is 2.79. The SMILES string of the molecule is CCOC(=O)c1c(-c2ccc(C)cc2)c(C#N)c(=O)n2ccccc12. The van der Waals surface area contributed by atoms with Crippen LogP contribution in [0.4, 0.5) is 0 Å². The zero-order valence-electron chi connectivity index (χ0n) is 13.9. The van der Waals surface area contributed by atoms with Crippen molar-refractivity contribution in [1.82, 2.24) is 4.40 Å². The number of ether oxygens (including phenoxy) is 1. The summed E-state index contributed by atoms with van der Waals surface area (Å²) >= 11 is 0. The highest BCUT2D eigenvalue weighted by molar-refractivity contribution is 6.05. The van der Waals surface area contributed by atoms with Gasteiger partial charge in [-0.1, -0.05) is 35.9 Å². The molecule has 0 fully saturated rings. The average Bonchev–Trinajstić information content (AvgIpc) is 2.62. The zero-order chi connectivity index (χ0) is 18.0. The number of carbonyl (C=O) groups is 1. The lowest BCUT2D eigenvalue weighted by molar-refractivity contribution is 0.0529. The van der Waals surface area contributed by atoms with Gasteiger partial charge in [0.15, 0.2) is 0 Å². The molecule has 5 heteroatoms. The van der Waals surface area contributed by atoms with Crippen molar-refractivity contribution in [1.29, 1.82) is 5.26 Å². The van der Waals surface area contributed by atoms with Gasteiger partial charge in [-0.05, 0) is 31.5 Å². The van der Waals surface area contributed by atoms with Crippen LogP contribution < -0.4 is 5.56 Å². The number of esters is 1. The maximum absolute atomic E-state index is 12.7. The number of hydrogen-bond acceptors (Lipinski definition) is 4. The molecular formula is C20H16N2O3. The van der Waals surface area contributed by atoms with Gasteiger partial charge in [0.1, 0.15) is 11.6 Å². The molecule has 5 nitrogen and oxygen atoms in total. The molecule has 0 atom stereocenters. The Balaban J connectivity index is 2.50. The number of nitrogens with zero attached hydrogens (tertiary/aromatic N) is 2. The number of rotatable bonds is 3. The molecule has 0 amide bonds. The van der Waals surface area contributed by atoms with Crippen molar-refractivity contribution in [2.45, 2.75) is 13.8 Å². The molecule has 3 aromatic rings. The summed E-state index contributed by atoms with van der Waals surface area (Å²) in [4.78, 5) is 25.4. The van der Waals surface area contributed by atoms with Gasteiger partial charge in [0.25, 0.3) is 5.56 Å². The quantitative estimate of drug-likeness (QED) is 0.690. The van der Waals surface area contributed by atoms with Crippen molar-refractivity contribution in [3.8, 4) is 17.2 Å². The predicted octanol–water partition coefficient (Wildman–Crippen LogP) is 3.32. The predicted molar refractivity (Wildman–Crippen MR) is 94.5 cm³/mol. The van der Waals surface area contributed by atoms with Gasteiger partial charge in [0.2, 0.25) is 0 Å². The molecule has 124 valence electrons. The van der Waals surface area contributed by atoms with Gasteiger partial charge < -0.3 is 4.74 Å². The first kappa shape index (κ1) is 16.5. The summed E-state index contributed by atoms with van der Waals surface area (Å²) < 4.78 is 6.51. The highest BCUT2D eigenvalue weighted by Gasteiger charge is 2.24. The van der Waals surface area contributed by atoms with Gasteiger partial charge in [-0.15, -0.1) is 0 Å². The monoisotopic (exact) mass is 332 g/mol. The smallest absolute Gasteiger partial charge is 0.340 e. The third-order valence-corrected chi connectivity index (χ3v) is 3.98. The van der Waals surface area contributed by atoms with Crippen LogP contribution in [0.1, 0.15) is 28.4 Å².